The molecule has 0 bridgehead atoms. The van der Waals surface area contributed by atoms with Crippen molar-refractivity contribution < 1.29 is 27.8 Å². The first-order valence-corrected chi connectivity index (χ1v) is 8.56. The summed E-state index contributed by atoms with van der Waals surface area (Å²) in [6.07, 6.45) is -5.96. The molecule has 3 rings (SSSR count). The molecular formula is C18H14BrF3N2O3. The van der Waals surface area contributed by atoms with Crippen LogP contribution in [0.15, 0.2) is 58.1 Å². The Labute approximate surface area is 161 Å². The van der Waals surface area contributed by atoms with Gasteiger partial charge in [-0.25, -0.2) is 0 Å². The van der Waals surface area contributed by atoms with Crippen molar-refractivity contribution in [3.63, 3.8) is 0 Å². The second-order valence-corrected chi connectivity index (χ2v) is 6.81. The van der Waals surface area contributed by atoms with E-state index >= 15 is 0 Å². The molecule has 142 valence electrons. The number of carbonyl (C=O) groups is 1. The van der Waals surface area contributed by atoms with Crippen molar-refractivity contribution in [2.45, 2.75) is 18.3 Å². The fourth-order valence-corrected chi connectivity index (χ4v) is 2.93. The van der Waals surface area contributed by atoms with Gasteiger partial charge in [-0.05, 0) is 35.9 Å². The van der Waals surface area contributed by atoms with Gasteiger partial charge in [-0.15, -0.1) is 0 Å². The lowest BCUT2D eigenvalue weighted by molar-refractivity contribution is -0.297. The summed E-state index contributed by atoms with van der Waals surface area (Å²) >= 11 is 3.24. The zero-order valence-electron chi connectivity index (χ0n) is 14.0. The monoisotopic (exact) mass is 442 g/mol. The van der Waals surface area contributed by atoms with Crippen LogP contribution in [-0.4, -0.2) is 40.7 Å². The summed E-state index contributed by atoms with van der Waals surface area (Å²) < 4.78 is 46.6. The van der Waals surface area contributed by atoms with Gasteiger partial charge in [0.25, 0.3) is 11.6 Å². The van der Waals surface area contributed by atoms with Gasteiger partial charge in [0.15, 0.2) is 0 Å². The largest absolute Gasteiger partial charge is 0.497 e. The SMILES string of the molecule is COc1cccc(C(=O)N2N=C(c3ccc(Br)cc3)C[C@]2(O)C(F)(F)F)c1. The number of nitrogens with zero attached hydrogens (tertiary/aromatic N) is 2. The predicted molar refractivity (Wildman–Crippen MR) is 95.5 cm³/mol. The topological polar surface area (TPSA) is 62.1 Å². The molecule has 0 spiro atoms. The summed E-state index contributed by atoms with van der Waals surface area (Å²) in [5.74, 6) is -0.784. The number of aliphatic hydroxyl groups is 1. The minimum Gasteiger partial charge on any atom is -0.497 e. The van der Waals surface area contributed by atoms with Gasteiger partial charge in [0.2, 0.25) is 0 Å². The number of halogens is 4. The molecule has 0 aromatic heterocycles. The van der Waals surface area contributed by atoms with E-state index in [1.54, 1.807) is 30.3 Å². The van der Waals surface area contributed by atoms with Crippen molar-refractivity contribution in [2.24, 2.45) is 5.10 Å². The molecule has 0 saturated heterocycles. The van der Waals surface area contributed by atoms with E-state index in [1.807, 2.05) is 0 Å². The van der Waals surface area contributed by atoms with Crippen LogP contribution in [-0.2, 0) is 0 Å². The lowest BCUT2D eigenvalue weighted by atomic mass is 10.0. The summed E-state index contributed by atoms with van der Waals surface area (Å²) in [6, 6.07) is 12.0. The van der Waals surface area contributed by atoms with Crippen LogP contribution in [0.5, 0.6) is 5.75 Å². The zero-order chi connectivity index (χ0) is 19.8. The third-order valence-corrected chi connectivity index (χ3v) is 4.65. The number of ether oxygens (including phenoxy) is 1. The van der Waals surface area contributed by atoms with Crippen LogP contribution in [0.2, 0.25) is 0 Å². The number of rotatable bonds is 3. The molecule has 2 aromatic carbocycles. The van der Waals surface area contributed by atoms with Crippen LogP contribution in [0.25, 0.3) is 0 Å². The van der Waals surface area contributed by atoms with E-state index in [2.05, 4.69) is 21.0 Å². The summed E-state index contributed by atoms with van der Waals surface area (Å²) in [5, 5.41) is 14.3. The fourth-order valence-electron chi connectivity index (χ4n) is 2.66. The number of benzene rings is 2. The molecule has 1 aliphatic rings. The van der Waals surface area contributed by atoms with Gasteiger partial charge in [0, 0.05) is 10.0 Å². The molecule has 5 nitrogen and oxygen atoms in total. The molecule has 1 N–H and O–H groups in total. The molecule has 0 fully saturated rings. The van der Waals surface area contributed by atoms with E-state index < -0.39 is 24.2 Å². The number of hydrogen-bond donors (Lipinski definition) is 1. The van der Waals surface area contributed by atoms with Crippen LogP contribution >= 0.6 is 15.9 Å². The van der Waals surface area contributed by atoms with E-state index in [0.29, 0.717) is 11.3 Å². The Kier molecular flexibility index (Phi) is 5.00. The van der Waals surface area contributed by atoms with Crippen molar-refractivity contribution in [2.75, 3.05) is 7.11 Å². The molecule has 9 heteroatoms. The van der Waals surface area contributed by atoms with Gasteiger partial charge in [-0.2, -0.15) is 23.3 Å². The van der Waals surface area contributed by atoms with E-state index in [-0.39, 0.29) is 16.3 Å². The average molecular weight is 443 g/mol. The van der Waals surface area contributed by atoms with E-state index in [1.165, 1.54) is 25.3 Å². The van der Waals surface area contributed by atoms with Gasteiger partial charge >= 0.3 is 6.18 Å². The third kappa shape index (κ3) is 3.57. The number of carbonyl (C=O) groups excluding carboxylic acids is 1. The van der Waals surface area contributed by atoms with Crippen molar-refractivity contribution >= 4 is 27.5 Å². The maximum absolute atomic E-state index is 13.6. The quantitative estimate of drug-likeness (QED) is 0.782. The molecular weight excluding hydrogens is 429 g/mol. The second-order valence-electron chi connectivity index (χ2n) is 5.89. The normalized spacial score (nSPS) is 19.8. The molecule has 0 unspecified atom stereocenters. The minimum absolute atomic E-state index is 0.0430. The zero-order valence-corrected chi connectivity index (χ0v) is 15.6. The van der Waals surface area contributed by atoms with Gasteiger partial charge in [0.05, 0.1) is 19.2 Å². The Morgan fingerprint density at radius 3 is 2.52 bits per heavy atom. The smallest absolute Gasteiger partial charge is 0.438 e. The number of hydrazone groups is 1. The maximum atomic E-state index is 13.6. The summed E-state index contributed by atoms with van der Waals surface area (Å²) in [4.78, 5) is 12.7. The van der Waals surface area contributed by atoms with Crippen LogP contribution in [0.3, 0.4) is 0 Å². The minimum atomic E-state index is -5.10. The highest BCUT2D eigenvalue weighted by Gasteiger charge is 2.63. The first-order valence-electron chi connectivity index (χ1n) is 7.77. The van der Waals surface area contributed by atoms with Crippen molar-refractivity contribution in [3.8, 4) is 5.75 Å². The Morgan fingerprint density at radius 1 is 1.26 bits per heavy atom. The molecule has 1 heterocycles. The van der Waals surface area contributed by atoms with Crippen LogP contribution in [0.4, 0.5) is 13.2 Å². The standard InChI is InChI=1S/C18H14BrF3N2O3/c1-27-14-4-2-3-12(9-14)16(25)24-17(26,18(20,21)22)10-15(23-24)11-5-7-13(19)8-6-11/h2-9,26H,10H2,1H3/t17-/m0/s1. The highest BCUT2D eigenvalue weighted by atomic mass is 79.9. The predicted octanol–water partition coefficient (Wildman–Crippen LogP) is 3.96. The number of amides is 1. The van der Waals surface area contributed by atoms with Crippen LogP contribution < -0.4 is 4.74 Å². The first-order chi connectivity index (χ1) is 12.7. The Hall–Kier alpha value is -2.39. The molecule has 0 aliphatic carbocycles. The third-order valence-electron chi connectivity index (χ3n) is 4.13. The first kappa shape index (κ1) is 19.4. The van der Waals surface area contributed by atoms with Gasteiger partial charge < -0.3 is 9.84 Å². The van der Waals surface area contributed by atoms with Gasteiger partial charge in [-0.1, -0.05) is 34.1 Å². The Morgan fingerprint density at radius 2 is 1.93 bits per heavy atom. The van der Waals surface area contributed by atoms with E-state index in [9.17, 15) is 23.1 Å². The van der Waals surface area contributed by atoms with E-state index in [4.69, 9.17) is 4.74 Å². The van der Waals surface area contributed by atoms with Crippen molar-refractivity contribution in [3.05, 3.63) is 64.1 Å². The average Bonchev–Trinajstić information content (AvgIpc) is 3.00. The molecule has 2 aromatic rings. The second kappa shape index (κ2) is 6.97. The van der Waals surface area contributed by atoms with Crippen LogP contribution in [0, 0.1) is 0 Å². The summed E-state index contributed by atoms with van der Waals surface area (Å²) in [6.45, 7) is 0. The lowest BCUT2D eigenvalue weighted by Crippen LogP contribution is -2.56. The highest BCUT2D eigenvalue weighted by molar-refractivity contribution is 9.10. The number of methoxy groups -OCH3 is 1. The Bertz CT molecular complexity index is 899. The fraction of sp³-hybridized carbons (Fsp3) is 0.222. The lowest BCUT2D eigenvalue weighted by Gasteiger charge is -2.32. The number of alkyl halides is 3. The number of hydrogen-bond acceptors (Lipinski definition) is 4. The van der Waals surface area contributed by atoms with Gasteiger partial charge in [0.1, 0.15) is 5.75 Å². The molecule has 27 heavy (non-hydrogen) atoms. The summed E-state index contributed by atoms with van der Waals surface area (Å²) in [5.41, 5.74) is -3.19. The van der Waals surface area contributed by atoms with E-state index in [0.717, 1.165) is 4.47 Å². The maximum Gasteiger partial charge on any atom is 0.438 e. The molecule has 0 saturated carbocycles. The van der Waals surface area contributed by atoms with Gasteiger partial charge in [-0.3, -0.25) is 4.79 Å². The van der Waals surface area contributed by atoms with Crippen LogP contribution in [0.1, 0.15) is 22.3 Å². The molecule has 1 atom stereocenters. The molecule has 1 amide bonds. The Balaban J connectivity index is 2.04. The molecule has 1 aliphatic heterocycles. The highest BCUT2D eigenvalue weighted by Crippen LogP contribution is 2.42. The summed E-state index contributed by atoms with van der Waals surface area (Å²) in [7, 11) is 1.37. The van der Waals surface area contributed by atoms with Crippen molar-refractivity contribution in [1.29, 1.82) is 0 Å². The molecule has 0 radical (unpaired) electrons. The van der Waals surface area contributed by atoms with Crippen molar-refractivity contribution in [1.82, 2.24) is 5.01 Å².